The Morgan fingerprint density at radius 1 is 1.20 bits per heavy atom. The molecule has 3 nitrogen and oxygen atoms in total. The Balaban J connectivity index is 1.86. The highest BCUT2D eigenvalue weighted by molar-refractivity contribution is 5.39. The van der Waals surface area contributed by atoms with E-state index < -0.39 is 0 Å². The molecule has 1 atom stereocenters. The second kappa shape index (κ2) is 7.21. The van der Waals surface area contributed by atoms with Crippen LogP contribution in [-0.2, 0) is 9.47 Å². The molecule has 1 aromatic carbocycles. The van der Waals surface area contributed by atoms with Crippen molar-refractivity contribution >= 4 is 0 Å². The lowest BCUT2D eigenvalue weighted by molar-refractivity contribution is 0.0174. The Bertz CT molecular complexity index is 416. The van der Waals surface area contributed by atoms with Gasteiger partial charge in [-0.25, -0.2) is 0 Å². The van der Waals surface area contributed by atoms with Crippen molar-refractivity contribution in [2.75, 3.05) is 26.4 Å². The van der Waals surface area contributed by atoms with Crippen LogP contribution >= 0.6 is 0 Å². The minimum absolute atomic E-state index is 0.0320. The molecule has 0 aromatic heterocycles. The van der Waals surface area contributed by atoms with E-state index >= 15 is 0 Å². The summed E-state index contributed by atoms with van der Waals surface area (Å²) in [5.74, 6) is 0.635. The van der Waals surface area contributed by atoms with Gasteiger partial charge in [0.1, 0.15) is 0 Å². The molecule has 1 aliphatic rings. The molecule has 1 heterocycles. The number of rotatable bonds is 5. The molecule has 2 N–H and O–H groups in total. The van der Waals surface area contributed by atoms with E-state index in [1.165, 1.54) is 22.3 Å². The lowest BCUT2D eigenvalue weighted by Crippen LogP contribution is -2.24. The number of ether oxygens (including phenoxy) is 2. The van der Waals surface area contributed by atoms with Gasteiger partial charge in [0.05, 0.1) is 12.6 Å². The zero-order valence-electron chi connectivity index (χ0n) is 12.9. The molecule has 0 bridgehead atoms. The van der Waals surface area contributed by atoms with Crippen molar-refractivity contribution in [2.45, 2.75) is 39.7 Å². The SMILES string of the molecule is Cc1cc(C)c(C(N)COCC2CCOCC2)c(C)c1. The highest BCUT2D eigenvalue weighted by atomic mass is 16.5. The summed E-state index contributed by atoms with van der Waals surface area (Å²) in [4.78, 5) is 0. The molecule has 1 aliphatic heterocycles. The van der Waals surface area contributed by atoms with Crippen LogP contribution in [0.5, 0.6) is 0 Å². The van der Waals surface area contributed by atoms with Crippen molar-refractivity contribution in [3.05, 3.63) is 34.4 Å². The van der Waals surface area contributed by atoms with E-state index in [0.29, 0.717) is 12.5 Å². The molecule has 1 unspecified atom stereocenters. The van der Waals surface area contributed by atoms with Crippen LogP contribution in [0.4, 0.5) is 0 Å². The molecule has 0 aliphatic carbocycles. The molecule has 0 radical (unpaired) electrons. The maximum atomic E-state index is 6.31. The van der Waals surface area contributed by atoms with Gasteiger partial charge in [-0.1, -0.05) is 17.7 Å². The van der Waals surface area contributed by atoms with Gasteiger partial charge in [-0.05, 0) is 56.2 Å². The van der Waals surface area contributed by atoms with Crippen LogP contribution in [0.2, 0.25) is 0 Å². The van der Waals surface area contributed by atoms with Gasteiger partial charge in [-0.15, -0.1) is 0 Å². The average Bonchev–Trinajstić information content (AvgIpc) is 2.38. The highest BCUT2D eigenvalue weighted by Gasteiger charge is 2.16. The van der Waals surface area contributed by atoms with Crippen LogP contribution in [0.15, 0.2) is 12.1 Å². The number of hydrogen-bond donors (Lipinski definition) is 1. The molecule has 0 amide bonds. The molecule has 2 rings (SSSR count). The van der Waals surface area contributed by atoms with E-state index in [1.54, 1.807) is 0 Å². The second-order valence-electron chi connectivity index (χ2n) is 6.01. The molecule has 1 saturated heterocycles. The number of hydrogen-bond acceptors (Lipinski definition) is 3. The van der Waals surface area contributed by atoms with Crippen LogP contribution in [-0.4, -0.2) is 26.4 Å². The lowest BCUT2D eigenvalue weighted by atomic mass is 9.95. The Labute approximate surface area is 122 Å². The summed E-state index contributed by atoms with van der Waals surface area (Å²) in [6, 6.07) is 4.36. The summed E-state index contributed by atoms with van der Waals surface area (Å²) >= 11 is 0. The average molecular weight is 277 g/mol. The lowest BCUT2D eigenvalue weighted by Gasteiger charge is -2.23. The Kier molecular flexibility index (Phi) is 5.58. The van der Waals surface area contributed by atoms with Crippen LogP contribution < -0.4 is 5.73 Å². The van der Waals surface area contributed by atoms with Crippen molar-refractivity contribution in [1.82, 2.24) is 0 Å². The summed E-state index contributed by atoms with van der Waals surface area (Å²) in [5, 5.41) is 0. The zero-order chi connectivity index (χ0) is 14.5. The van der Waals surface area contributed by atoms with Gasteiger partial charge in [0.15, 0.2) is 0 Å². The predicted octanol–water partition coefficient (Wildman–Crippen LogP) is 3.05. The van der Waals surface area contributed by atoms with Gasteiger partial charge >= 0.3 is 0 Å². The minimum Gasteiger partial charge on any atom is -0.381 e. The van der Waals surface area contributed by atoms with Crippen molar-refractivity contribution in [3.8, 4) is 0 Å². The predicted molar refractivity (Wildman–Crippen MR) is 81.9 cm³/mol. The topological polar surface area (TPSA) is 44.5 Å². The normalized spacial score (nSPS) is 18.2. The van der Waals surface area contributed by atoms with Gasteiger partial charge in [0, 0.05) is 19.8 Å². The minimum atomic E-state index is -0.0320. The van der Waals surface area contributed by atoms with Crippen LogP contribution in [0.1, 0.15) is 41.1 Å². The summed E-state index contributed by atoms with van der Waals surface area (Å²) < 4.78 is 11.2. The third kappa shape index (κ3) is 4.05. The number of benzene rings is 1. The highest BCUT2D eigenvalue weighted by Crippen LogP contribution is 2.23. The van der Waals surface area contributed by atoms with Crippen molar-refractivity contribution in [2.24, 2.45) is 11.7 Å². The fourth-order valence-corrected chi connectivity index (χ4v) is 3.13. The maximum absolute atomic E-state index is 6.31. The van der Waals surface area contributed by atoms with E-state index in [0.717, 1.165) is 32.7 Å². The van der Waals surface area contributed by atoms with Gasteiger partial charge in [-0.3, -0.25) is 0 Å². The zero-order valence-corrected chi connectivity index (χ0v) is 12.9. The van der Waals surface area contributed by atoms with Crippen molar-refractivity contribution < 1.29 is 9.47 Å². The molecule has 20 heavy (non-hydrogen) atoms. The fourth-order valence-electron chi connectivity index (χ4n) is 3.13. The second-order valence-corrected chi connectivity index (χ2v) is 6.01. The van der Waals surface area contributed by atoms with Gasteiger partial charge in [-0.2, -0.15) is 0 Å². The van der Waals surface area contributed by atoms with Crippen LogP contribution in [0.25, 0.3) is 0 Å². The Morgan fingerprint density at radius 3 is 2.40 bits per heavy atom. The number of aryl methyl sites for hydroxylation is 3. The number of nitrogens with two attached hydrogens (primary N) is 1. The van der Waals surface area contributed by atoms with E-state index in [2.05, 4.69) is 32.9 Å². The van der Waals surface area contributed by atoms with Gasteiger partial charge in [0.2, 0.25) is 0 Å². The van der Waals surface area contributed by atoms with E-state index in [1.807, 2.05) is 0 Å². The summed E-state index contributed by atoms with van der Waals surface area (Å²) in [5.41, 5.74) is 11.4. The molecule has 1 fully saturated rings. The molecule has 0 spiro atoms. The third-order valence-corrected chi connectivity index (χ3v) is 4.10. The first-order valence-corrected chi connectivity index (χ1v) is 7.56. The van der Waals surface area contributed by atoms with Gasteiger partial charge < -0.3 is 15.2 Å². The van der Waals surface area contributed by atoms with Gasteiger partial charge in [0.25, 0.3) is 0 Å². The molecule has 112 valence electrons. The van der Waals surface area contributed by atoms with E-state index in [4.69, 9.17) is 15.2 Å². The summed E-state index contributed by atoms with van der Waals surface area (Å²) in [7, 11) is 0. The van der Waals surface area contributed by atoms with Crippen molar-refractivity contribution in [1.29, 1.82) is 0 Å². The molecular formula is C17H27NO2. The summed E-state index contributed by atoms with van der Waals surface area (Å²) in [6.45, 7) is 9.54. The van der Waals surface area contributed by atoms with Crippen molar-refractivity contribution in [3.63, 3.8) is 0 Å². The van der Waals surface area contributed by atoms with E-state index in [-0.39, 0.29) is 6.04 Å². The quantitative estimate of drug-likeness (QED) is 0.899. The monoisotopic (exact) mass is 277 g/mol. The van der Waals surface area contributed by atoms with E-state index in [9.17, 15) is 0 Å². The standard InChI is InChI=1S/C17H27NO2/c1-12-8-13(2)17(14(3)9-12)16(18)11-20-10-15-4-6-19-7-5-15/h8-9,15-16H,4-7,10-11,18H2,1-3H3. The first-order valence-electron chi connectivity index (χ1n) is 7.56. The maximum Gasteiger partial charge on any atom is 0.0659 e. The summed E-state index contributed by atoms with van der Waals surface area (Å²) in [6.07, 6.45) is 2.22. The fraction of sp³-hybridized carbons (Fsp3) is 0.647. The van der Waals surface area contributed by atoms with Crippen LogP contribution in [0, 0.1) is 26.7 Å². The third-order valence-electron chi connectivity index (χ3n) is 4.10. The smallest absolute Gasteiger partial charge is 0.0659 e. The first kappa shape index (κ1) is 15.5. The molecule has 0 saturated carbocycles. The Morgan fingerprint density at radius 2 is 1.80 bits per heavy atom. The molecule has 1 aromatic rings. The first-order chi connectivity index (χ1) is 9.58. The molecular weight excluding hydrogens is 250 g/mol. The largest absolute Gasteiger partial charge is 0.381 e. The Hall–Kier alpha value is -0.900. The van der Waals surface area contributed by atoms with Crippen LogP contribution in [0.3, 0.4) is 0 Å². The molecule has 3 heteroatoms.